The molecule has 4 nitrogen and oxygen atoms in total. The topological polar surface area (TPSA) is 50.7 Å². The minimum Gasteiger partial charge on any atom is -0.541 e. The first-order valence-corrected chi connectivity index (χ1v) is 15.0. The van der Waals surface area contributed by atoms with Gasteiger partial charge in [-0.3, -0.25) is 0 Å². The summed E-state index contributed by atoms with van der Waals surface area (Å²) in [5.41, 5.74) is 0.259. The predicted molar refractivity (Wildman–Crippen MR) is 139 cm³/mol. The van der Waals surface area contributed by atoms with Crippen LogP contribution in [0.3, 0.4) is 0 Å². The second-order valence-corrected chi connectivity index (χ2v) is 16.2. The zero-order valence-electron chi connectivity index (χ0n) is 22.2. The Bertz CT molecular complexity index is 1000. The van der Waals surface area contributed by atoms with Gasteiger partial charge >= 0.3 is 0 Å². The summed E-state index contributed by atoms with van der Waals surface area (Å²) in [6.45, 7) is 13.5. The largest absolute Gasteiger partial charge is 0.541 e. The van der Waals surface area contributed by atoms with Crippen molar-refractivity contribution in [3.63, 3.8) is 0 Å². The number of piperidine rings is 1. The van der Waals surface area contributed by atoms with Crippen LogP contribution in [0.4, 0.5) is 13.2 Å². The number of hydrogen-bond acceptors (Lipinski definition) is 4. The minimum atomic E-state index is -2.49. The van der Waals surface area contributed by atoms with E-state index in [2.05, 4.69) is 46.9 Å². The third-order valence-corrected chi connectivity index (χ3v) is 13.7. The van der Waals surface area contributed by atoms with Gasteiger partial charge in [-0.2, -0.15) is 0 Å². The van der Waals surface area contributed by atoms with Crippen molar-refractivity contribution in [2.24, 2.45) is 0 Å². The van der Waals surface area contributed by atoms with Gasteiger partial charge in [-0.15, -0.1) is 0 Å². The van der Waals surface area contributed by atoms with Crippen LogP contribution in [-0.2, 0) is 10.3 Å². The quantitative estimate of drug-likeness (QED) is 0.330. The number of aliphatic hydroxyl groups excluding tert-OH is 1. The number of ether oxygens (including phenoxy) is 1. The van der Waals surface area contributed by atoms with Crippen molar-refractivity contribution in [2.75, 3.05) is 19.7 Å². The second-order valence-electron chi connectivity index (χ2n) is 10.8. The van der Waals surface area contributed by atoms with Crippen molar-refractivity contribution in [1.82, 2.24) is 5.32 Å². The molecule has 1 unspecified atom stereocenters. The van der Waals surface area contributed by atoms with Gasteiger partial charge in [0.1, 0.15) is 23.5 Å². The average molecular weight is 524 g/mol. The lowest BCUT2D eigenvalue weighted by molar-refractivity contribution is -0.102. The van der Waals surface area contributed by atoms with Crippen LogP contribution in [0.1, 0.15) is 71.6 Å². The first kappa shape index (κ1) is 28.7. The molecule has 1 atom stereocenters. The number of nitrogens with one attached hydrogen (secondary N) is 1. The summed E-state index contributed by atoms with van der Waals surface area (Å²) >= 11 is 0. The van der Waals surface area contributed by atoms with Crippen LogP contribution < -0.4 is 9.74 Å². The fraction of sp³-hybridized carbons (Fsp3) is 0.571. The highest BCUT2D eigenvalue weighted by molar-refractivity contribution is 6.78. The van der Waals surface area contributed by atoms with E-state index in [4.69, 9.17) is 9.16 Å². The molecule has 2 aromatic carbocycles. The fourth-order valence-corrected chi connectivity index (χ4v) is 11.1. The Morgan fingerprint density at radius 3 is 2.08 bits per heavy atom. The molecule has 2 N–H and O–H groups in total. The Labute approximate surface area is 214 Å². The maximum Gasteiger partial charge on any atom is 0.258 e. The Balaban J connectivity index is 1.84. The molecular formula is C28H40F3NO3Si. The Morgan fingerprint density at radius 1 is 0.917 bits per heavy atom. The van der Waals surface area contributed by atoms with E-state index < -0.39 is 31.7 Å². The van der Waals surface area contributed by atoms with Crippen molar-refractivity contribution in [1.29, 1.82) is 0 Å². The highest BCUT2D eigenvalue weighted by Crippen LogP contribution is 2.44. The summed E-state index contributed by atoms with van der Waals surface area (Å²) in [5.74, 6) is -1.93. The molecule has 8 heteroatoms. The van der Waals surface area contributed by atoms with Crippen LogP contribution in [0, 0.1) is 17.5 Å². The normalized spacial score (nSPS) is 17.1. The van der Waals surface area contributed by atoms with Gasteiger partial charge in [0, 0.05) is 11.6 Å². The standard InChI is InChI=1S/C28H40F3NO3Si/c1-18(2)36(19(3)4,20(5)6)35-27-16-24(30)23(15-25(27)31)26(33)17-34-28(10-12-32-13-11-28)21-8-7-9-22(29)14-21/h7-9,14-16,18-20,26,32-33H,10-13,17H2,1-6H3. The van der Waals surface area contributed by atoms with E-state index in [1.807, 2.05) is 0 Å². The minimum absolute atomic E-state index is 0.110. The van der Waals surface area contributed by atoms with Gasteiger partial charge in [-0.25, -0.2) is 13.2 Å². The summed E-state index contributed by atoms with van der Waals surface area (Å²) in [4.78, 5) is 0. The molecule has 0 aromatic heterocycles. The van der Waals surface area contributed by atoms with Crippen LogP contribution in [0.5, 0.6) is 5.75 Å². The van der Waals surface area contributed by atoms with E-state index in [0.717, 1.165) is 12.1 Å². The average Bonchev–Trinajstić information content (AvgIpc) is 2.82. The first-order chi connectivity index (χ1) is 16.9. The Morgan fingerprint density at radius 2 is 1.53 bits per heavy atom. The van der Waals surface area contributed by atoms with Crippen LogP contribution >= 0.6 is 0 Å². The van der Waals surface area contributed by atoms with Gasteiger partial charge in [0.2, 0.25) is 0 Å². The van der Waals surface area contributed by atoms with Gasteiger partial charge in [0.15, 0.2) is 5.82 Å². The molecule has 1 aliphatic heterocycles. The SMILES string of the molecule is CC(C)[Si](Oc1cc(F)c(C(O)COC2(c3cccc(F)c3)CCNCC2)cc1F)(C(C)C)C(C)C. The highest BCUT2D eigenvalue weighted by atomic mass is 28.4. The van der Waals surface area contributed by atoms with Gasteiger partial charge in [-0.1, -0.05) is 53.7 Å². The van der Waals surface area contributed by atoms with Crippen LogP contribution in [0.25, 0.3) is 0 Å². The van der Waals surface area contributed by atoms with E-state index in [9.17, 15) is 9.50 Å². The molecule has 0 amide bonds. The number of rotatable bonds is 10. The third-order valence-electron chi connectivity index (χ3n) is 7.68. The molecule has 0 radical (unpaired) electrons. The Hall–Kier alpha value is -1.87. The number of aliphatic hydroxyl groups is 1. The van der Waals surface area contributed by atoms with E-state index >= 15 is 8.78 Å². The zero-order valence-corrected chi connectivity index (χ0v) is 23.2. The smallest absolute Gasteiger partial charge is 0.258 e. The van der Waals surface area contributed by atoms with E-state index in [0.29, 0.717) is 31.5 Å². The summed E-state index contributed by atoms with van der Waals surface area (Å²) < 4.78 is 56.8. The summed E-state index contributed by atoms with van der Waals surface area (Å²) in [6, 6.07) is 8.27. The van der Waals surface area contributed by atoms with Crippen LogP contribution in [0.15, 0.2) is 36.4 Å². The summed E-state index contributed by atoms with van der Waals surface area (Å²) in [7, 11) is -2.49. The van der Waals surface area contributed by atoms with Crippen molar-refractivity contribution in [2.45, 2.75) is 82.7 Å². The lowest BCUT2D eigenvalue weighted by atomic mass is 9.84. The zero-order chi connectivity index (χ0) is 26.7. The second kappa shape index (κ2) is 11.7. The molecule has 0 bridgehead atoms. The number of hydrogen-bond donors (Lipinski definition) is 2. The molecule has 0 saturated carbocycles. The molecule has 3 rings (SSSR count). The van der Waals surface area contributed by atoms with Crippen LogP contribution in [0.2, 0.25) is 16.6 Å². The molecule has 36 heavy (non-hydrogen) atoms. The van der Waals surface area contributed by atoms with Crippen LogP contribution in [-0.4, -0.2) is 33.1 Å². The summed E-state index contributed by atoms with van der Waals surface area (Å²) in [6.07, 6.45) is -0.255. The fourth-order valence-electron chi connectivity index (χ4n) is 5.87. The molecule has 2 aromatic rings. The van der Waals surface area contributed by atoms with Crippen molar-refractivity contribution in [3.8, 4) is 5.75 Å². The van der Waals surface area contributed by atoms with Crippen molar-refractivity contribution >= 4 is 8.32 Å². The summed E-state index contributed by atoms with van der Waals surface area (Å²) in [5, 5.41) is 14.1. The van der Waals surface area contributed by atoms with Crippen molar-refractivity contribution < 1.29 is 27.4 Å². The van der Waals surface area contributed by atoms with Gasteiger partial charge in [0.25, 0.3) is 8.32 Å². The van der Waals surface area contributed by atoms with E-state index in [1.165, 1.54) is 12.1 Å². The molecule has 200 valence electrons. The molecule has 1 fully saturated rings. The lowest BCUT2D eigenvalue weighted by Gasteiger charge is -2.42. The van der Waals surface area contributed by atoms with E-state index in [-0.39, 0.29) is 40.4 Å². The number of benzene rings is 2. The molecule has 1 aliphatic rings. The first-order valence-electron chi connectivity index (χ1n) is 12.9. The van der Waals surface area contributed by atoms with Gasteiger partial charge in [0.05, 0.1) is 12.2 Å². The maximum atomic E-state index is 15.2. The van der Waals surface area contributed by atoms with E-state index in [1.54, 1.807) is 12.1 Å². The third kappa shape index (κ3) is 5.82. The highest BCUT2D eigenvalue weighted by Gasteiger charge is 2.47. The van der Waals surface area contributed by atoms with Gasteiger partial charge < -0.3 is 19.6 Å². The van der Waals surface area contributed by atoms with Crippen molar-refractivity contribution in [3.05, 3.63) is 65.0 Å². The number of halogens is 3. The monoisotopic (exact) mass is 523 g/mol. The molecule has 1 saturated heterocycles. The molecule has 1 heterocycles. The Kier molecular flexibility index (Phi) is 9.30. The van der Waals surface area contributed by atoms with Gasteiger partial charge in [-0.05, 0) is 66.3 Å². The molecule has 0 aliphatic carbocycles. The molecule has 0 spiro atoms. The predicted octanol–water partition coefficient (Wildman–Crippen LogP) is 6.99. The molecular weight excluding hydrogens is 483 g/mol. The maximum absolute atomic E-state index is 15.2. The lowest BCUT2D eigenvalue weighted by Crippen LogP contribution is -2.50.